The van der Waals surface area contributed by atoms with Crippen molar-refractivity contribution in [3.8, 4) is 5.75 Å². The van der Waals surface area contributed by atoms with E-state index in [1.807, 2.05) is 20.8 Å². The van der Waals surface area contributed by atoms with Crippen molar-refractivity contribution >= 4 is 23.5 Å². The Morgan fingerprint density at radius 3 is 2.40 bits per heavy atom. The average Bonchev–Trinajstić information content (AvgIpc) is 2.62. The van der Waals surface area contributed by atoms with Crippen LogP contribution in [0.3, 0.4) is 0 Å². The van der Waals surface area contributed by atoms with Crippen LogP contribution in [-0.4, -0.2) is 61.1 Å². The number of carbonyl (C=O) groups excluding carboxylic acids is 2. The standard InChI is InChI=1S/C18H26ClN3O3/c1-4-6-20-18(24)22-9-7-21(8-10-22)17(23)14-12-15(19)16(25-5-2)11-13(14)3/h11-12H,4-10H2,1-3H3,(H,20,24). The highest BCUT2D eigenvalue weighted by Gasteiger charge is 2.26. The van der Waals surface area contributed by atoms with Gasteiger partial charge in [-0.1, -0.05) is 18.5 Å². The third kappa shape index (κ3) is 4.78. The Morgan fingerprint density at radius 1 is 1.16 bits per heavy atom. The van der Waals surface area contributed by atoms with E-state index in [2.05, 4.69) is 5.32 Å². The number of piperazine rings is 1. The van der Waals surface area contributed by atoms with Gasteiger partial charge in [0, 0.05) is 38.3 Å². The van der Waals surface area contributed by atoms with Gasteiger partial charge in [-0.3, -0.25) is 4.79 Å². The van der Waals surface area contributed by atoms with Gasteiger partial charge >= 0.3 is 6.03 Å². The molecule has 0 unspecified atom stereocenters. The topological polar surface area (TPSA) is 61.9 Å². The van der Waals surface area contributed by atoms with Crippen molar-refractivity contribution < 1.29 is 14.3 Å². The van der Waals surface area contributed by atoms with Crippen molar-refractivity contribution in [1.29, 1.82) is 0 Å². The summed E-state index contributed by atoms with van der Waals surface area (Å²) in [6, 6.07) is 3.41. The van der Waals surface area contributed by atoms with Gasteiger partial charge in [0.05, 0.1) is 11.6 Å². The van der Waals surface area contributed by atoms with Crippen LogP contribution in [0.5, 0.6) is 5.75 Å². The number of amides is 3. The van der Waals surface area contributed by atoms with Gasteiger partial charge in [-0.15, -0.1) is 0 Å². The lowest BCUT2D eigenvalue weighted by Gasteiger charge is -2.35. The lowest BCUT2D eigenvalue weighted by atomic mass is 10.1. The number of urea groups is 1. The van der Waals surface area contributed by atoms with Crippen LogP contribution in [0, 0.1) is 6.92 Å². The number of nitrogens with zero attached hydrogens (tertiary/aromatic N) is 2. The second kappa shape index (κ2) is 8.94. The SMILES string of the molecule is CCCNC(=O)N1CCN(C(=O)c2cc(Cl)c(OCC)cc2C)CC1. The maximum atomic E-state index is 12.8. The van der Waals surface area contributed by atoms with Crippen molar-refractivity contribution in [2.75, 3.05) is 39.3 Å². The summed E-state index contributed by atoms with van der Waals surface area (Å²) in [7, 11) is 0. The fourth-order valence-electron chi connectivity index (χ4n) is 2.78. The van der Waals surface area contributed by atoms with E-state index in [-0.39, 0.29) is 11.9 Å². The first-order chi connectivity index (χ1) is 12.0. The number of ether oxygens (including phenoxy) is 1. The van der Waals surface area contributed by atoms with E-state index >= 15 is 0 Å². The van der Waals surface area contributed by atoms with Crippen molar-refractivity contribution in [3.05, 3.63) is 28.3 Å². The van der Waals surface area contributed by atoms with E-state index < -0.39 is 0 Å². The molecule has 2 rings (SSSR count). The molecule has 7 heteroatoms. The number of hydrogen-bond acceptors (Lipinski definition) is 3. The number of aryl methyl sites for hydroxylation is 1. The van der Waals surface area contributed by atoms with Gasteiger partial charge in [0.2, 0.25) is 0 Å². The van der Waals surface area contributed by atoms with Gasteiger partial charge in [0.15, 0.2) is 0 Å². The van der Waals surface area contributed by atoms with Gasteiger partial charge in [-0.05, 0) is 38.0 Å². The zero-order chi connectivity index (χ0) is 18.4. The fraction of sp³-hybridized carbons (Fsp3) is 0.556. The highest BCUT2D eigenvalue weighted by atomic mass is 35.5. The molecule has 1 heterocycles. The molecule has 0 saturated carbocycles. The summed E-state index contributed by atoms with van der Waals surface area (Å²) in [5, 5.41) is 3.30. The monoisotopic (exact) mass is 367 g/mol. The molecule has 1 aromatic carbocycles. The molecule has 0 aliphatic carbocycles. The number of hydrogen-bond donors (Lipinski definition) is 1. The molecule has 1 aromatic rings. The average molecular weight is 368 g/mol. The van der Waals surface area contributed by atoms with Crippen molar-refractivity contribution in [3.63, 3.8) is 0 Å². The van der Waals surface area contributed by atoms with E-state index in [4.69, 9.17) is 16.3 Å². The molecule has 0 radical (unpaired) electrons. The van der Waals surface area contributed by atoms with Crippen LogP contribution < -0.4 is 10.1 Å². The lowest BCUT2D eigenvalue weighted by Crippen LogP contribution is -2.53. The van der Waals surface area contributed by atoms with E-state index in [1.165, 1.54) is 0 Å². The van der Waals surface area contributed by atoms with Gasteiger partial charge in [-0.25, -0.2) is 4.79 Å². The van der Waals surface area contributed by atoms with Gasteiger partial charge in [0.25, 0.3) is 5.91 Å². The minimum Gasteiger partial charge on any atom is -0.492 e. The quantitative estimate of drug-likeness (QED) is 0.870. The van der Waals surface area contributed by atoms with Crippen LogP contribution in [0.15, 0.2) is 12.1 Å². The third-order valence-electron chi connectivity index (χ3n) is 4.19. The number of nitrogens with one attached hydrogen (secondary N) is 1. The summed E-state index contributed by atoms with van der Waals surface area (Å²) < 4.78 is 5.46. The number of rotatable bonds is 5. The van der Waals surface area contributed by atoms with Crippen LogP contribution in [0.25, 0.3) is 0 Å². The Morgan fingerprint density at radius 2 is 1.80 bits per heavy atom. The Kier molecular flexibility index (Phi) is 6.93. The first-order valence-electron chi connectivity index (χ1n) is 8.72. The molecule has 1 aliphatic rings. The van der Waals surface area contributed by atoms with Crippen molar-refractivity contribution in [2.45, 2.75) is 27.2 Å². The molecule has 1 fully saturated rings. The summed E-state index contributed by atoms with van der Waals surface area (Å²) in [4.78, 5) is 28.3. The maximum absolute atomic E-state index is 12.8. The predicted molar refractivity (Wildman–Crippen MR) is 98.5 cm³/mol. The fourth-order valence-corrected chi connectivity index (χ4v) is 3.00. The zero-order valence-electron chi connectivity index (χ0n) is 15.1. The van der Waals surface area contributed by atoms with Gasteiger partial charge in [0.1, 0.15) is 5.75 Å². The minimum absolute atomic E-state index is 0.0592. The summed E-state index contributed by atoms with van der Waals surface area (Å²) in [5.41, 5.74) is 1.42. The Hall–Kier alpha value is -1.95. The molecule has 25 heavy (non-hydrogen) atoms. The molecule has 0 spiro atoms. The van der Waals surface area contributed by atoms with E-state index in [0.29, 0.717) is 55.7 Å². The van der Waals surface area contributed by atoms with Crippen LogP contribution in [0.2, 0.25) is 5.02 Å². The largest absolute Gasteiger partial charge is 0.492 e. The van der Waals surface area contributed by atoms with E-state index in [9.17, 15) is 9.59 Å². The normalized spacial score (nSPS) is 14.4. The summed E-state index contributed by atoms with van der Waals surface area (Å²) in [6.07, 6.45) is 0.905. The predicted octanol–water partition coefficient (Wildman–Crippen LogP) is 2.92. The highest BCUT2D eigenvalue weighted by Crippen LogP contribution is 2.29. The Balaban J connectivity index is 2.01. The van der Waals surface area contributed by atoms with Crippen molar-refractivity contribution in [2.24, 2.45) is 0 Å². The molecule has 0 aromatic heterocycles. The minimum atomic E-state index is -0.0609. The molecule has 0 bridgehead atoms. The third-order valence-corrected chi connectivity index (χ3v) is 4.48. The molecule has 138 valence electrons. The summed E-state index contributed by atoms with van der Waals surface area (Å²) in [5.74, 6) is 0.534. The summed E-state index contributed by atoms with van der Waals surface area (Å²) in [6.45, 7) is 9.07. The second-order valence-corrected chi connectivity index (χ2v) is 6.45. The van der Waals surface area contributed by atoms with Crippen LogP contribution in [0.1, 0.15) is 36.2 Å². The molecule has 1 aliphatic heterocycles. The van der Waals surface area contributed by atoms with Gasteiger partial charge < -0.3 is 19.9 Å². The molecule has 3 amide bonds. The van der Waals surface area contributed by atoms with Crippen LogP contribution in [-0.2, 0) is 0 Å². The molecule has 1 N–H and O–H groups in total. The maximum Gasteiger partial charge on any atom is 0.317 e. The first kappa shape index (κ1) is 19.4. The lowest BCUT2D eigenvalue weighted by molar-refractivity contribution is 0.0664. The molecular weight excluding hydrogens is 342 g/mol. The smallest absolute Gasteiger partial charge is 0.317 e. The highest BCUT2D eigenvalue weighted by molar-refractivity contribution is 6.32. The van der Waals surface area contributed by atoms with E-state index in [0.717, 1.165) is 12.0 Å². The van der Waals surface area contributed by atoms with Crippen LogP contribution >= 0.6 is 11.6 Å². The number of halogens is 1. The number of benzene rings is 1. The Bertz CT molecular complexity index is 628. The van der Waals surface area contributed by atoms with Crippen LogP contribution in [0.4, 0.5) is 4.79 Å². The van der Waals surface area contributed by atoms with E-state index in [1.54, 1.807) is 21.9 Å². The van der Waals surface area contributed by atoms with Crippen molar-refractivity contribution in [1.82, 2.24) is 15.1 Å². The molecule has 1 saturated heterocycles. The first-order valence-corrected chi connectivity index (χ1v) is 9.10. The number of carbonyl (C=O) groups is 2. The molecule has 6 nitrogen and oxygen atoms in total. The molecular formula is C18H26ClN3O3. The summed E-state index contributed by atoms with van der Waals surface area (Å²) >= 11 is 6.22. The Labute approximate surface area is 154 Å². The second-order valence-electron chi connectivity index (χ2n) is 6.04. The van der Waals surface area contributed by atoms with Gasteiger partial charge in [-0.2, -0.15) is 0 Å². The zero-order valence-corrected chi connectivity index (χ0v) is 15.9. The molecule has 0 atom stereocenters.